The molecule has 1 aromatic heterocycles. The van der Waals surface area contributed by atoms with E-state index in [9.17, 15) is 0 Å². The number of rotatable bonds is 4. The SMILES string of the molecule is BCCCNc1ccccn1. The van der Waals surface area contributed by atoms with E-state index in [1.165, 1.54) is 12.7 Å². The Kier molecular flexibility index (Phi) is 3.52. The van der Waals surface area contributed by atoms with E-state index in [1.807, 2.05) is 18.2 Å². The average molecular weight is 148 g/mol. The second-order valence-electron chi connectivity index (χ2n) is 2.50. The second kappa shape index (κ2) is 4.77. The number of aromatic nitrogens is 1. The Morgan fingerprint density at radius 1 is 1.45 bits per heavy atom. The molecule has 1 aromatic rings. The van der Waals surface area contributed by atoms with Gasteiger partial charge < -0.3 is 5.32 Å². The molecule has 1 rings (SSSR count). The summed E-state index contributed by atoms with van der Waals surface area (Å²) in [4.78, 5) is 4.14. The quantitative estimate of drug-likeness (QED) is 0.507. The van der Waals surface area contributed by atoms with Gasteiger partial charge in [-0.3, -0.25) is 0 Å². The number of nitrogens with one attached hydrogen (secondary N) is 1. The van der Waals surface area contributed by atoms with Crippen molar-refractivity contribution in [3.8, 4) is 0 Å². The molecule has 0 aromatic carbocycles. The molecule has 0 saturated carbocycles. The summed E-state index contributed by atoms with van der Waals surface area (Å²) in [6, 6.07) is 5.89. The van der Waals surface area contributed by atoms with Gasteiger partial charge in [-0.05, 0) is 18.6 Å². The van der Waals surface area contributed by atoms with E-state index in [2.05, 4.69) is 18.1 Å². The lowest BCUT2D eigenvalue weighted by Gasteiger charge is -2.02. The smallest absolute Gasteiger partial charge is 0.125 e. The molecule has 0 bridgehead atoms. The molecular weight excluding hydrogens is 135 g/mol. The maximum absolute atomic E-state index is 4.14. The van der Waals surface area contributed by atoms with Gasteiger partial charge in [0.2, 0.25) is 0 Å². The van der Waals surface area contributed by atoms with Gasteiger partial charge in [-0.1, -0.05) is 12.4 Å². The van der Waals surface area contributed by atoms with E-state index in [-0.39, 0.29) is 0 Å². The maximum atomic E-state index is 4.14. The molecule has 0 aliphatic rings. The summed E-state index contributed by atoms with van der Waals surface area (Å²) in [7, 11) is 2.18. The molecule has 0 atom stereocenters. The van der Waals surface area contributed by atoms with Crippen LogP contribution in [0.5, 0.6) is 0 Å². The average Bonchev–Trinajstić information content (AvgIpc) is 2.07. The van der Waals surface area contributed by atoms with Crippen molar-refractivity contribution in [2.24, 2.45) is 0 Å². The summed E-state index contributed by atoms with van der Waals surface area (Å²) < 4.78 is 0. The number of pyridine rings is 1. The lowest BCUT2D eigenvalue weighted by Crippen LogP contribution is -2.01. The van der Waals surface area contributed by atoms with Gasteiger partial charge >= 0.3 is 0 Å². The van der Waals surface area contributed by atoms with E-state index < -0.39 is 0 Å². The fourth-order valence-electron chi connectivity index (χ4n) is 0.861. The van der Waals surface area contributed by atoms with Crippen LogP contribution in [-0.2, 0) is 0 Å². The molecule has 0 unspecified atom stereocenters. The predicted octanol–water partition coefficient (Wildman–Crippen LogP) is 0.935. The monoisotopic (exact) mass is 148 g/mol. The zero-order valence-electron chi connectivity index (χ0n) is 6.88. The van der Waals surface area contributed by atoms with E-state index >= 15 is 0 Å². The minimum absolute atomic E-state index is 0.973. The topological polar surface area (TPSA) is 24.9 Å². The van der Waals surface area contributed by atoms with Crippen LogP contribution in [0.1, 0.15) is 6.42 Å². The van der Waals surface area contributed by atoms with Crippen LogP contribution in [0, 0.1) is 0 Å². The molecule has 1 N–H and O–H groups in total. The van der Waals surface area contributed by atoms with Gasteiger partial charge in [-0.2, -0.15) is 0 Å². The Balaban J connectivity index is 2.28. The van der Waals surface area contributed by atoms with Crippen molar-refractivity contribution in [2.75, 3.05) is 11.9 Å². The number of hydrogen-bond donors (Lipinski definition) is 1. The van der Waals surface area contributed by atoms with Crippen molar-refractivity contribution in [1.82, 2.24) is 4.98 Å². The van der Waals surface area contributed by atoms with Crippen LogP contribution in [0.25, 0.3) is 0 Å². The molecule has 0 saturated heterocycles. The molecule has 0 radical (unpaired) electrons. The summed E-state index contributed by atoms with van der Waals surface area (Å²) in [6.07, 6.45) is 4.23. The van der Waals surface area contributed by atoms with Crippen LogP contribution in [0.15, 0.2) is 24.4 Å². The molecule has 0 aliphatic carbocycles. The first-order chi connectivity index (χ1) is 5.43. The van der Waals surface area contributed by atoms with Crippen LogP contribution < -0.4 is 5.32 Å². The van der Waals surface area contributed by atoms with E-state index in [0.29, 0.717) is 0 Å². The molecule has 1 heterocycles. The van der Waals surface area contributed by atoms with Gasteiger partial charge in [0.25, 0.3) is 0 Å². The fourth-order valence-corrected chi connectivity index (χ4v) is 0.861. The van der Waals surface area contributed by atoms with Gasteiger partial charge in [-0.15, -0.1) is 0 Å². The third-order valence-electron chi connectivity index (χ3n) is 1.50. The number of anilines is 1. The lowest BCUT2D eigenvalue weighted by atomic mass is 10.0. The lowest BCUT2D eigenvalue weighted by molar-refractivity contribution is 0.966. The molecule has 58 valence electrons. The van der Waals surface area contributed by atoms with Gasteiger partial charge in [-0.25, -0.2) is 4.98 Å². The molecule has 0 aliphatic heterocycles. The van der Waals surface area contributed by atoms with Crippen molar-refractivity contribution < 1.29 is 0 Å². The Bertz CT molecular complexity index is 189. The molecule has 0 spiro atoms. The minimum Gasteiger partial charge on any atom is -0.370 e. The van der Waals surface area contributed by atoms with Crippen molar-refractivity contribution in [3.05, 3.63) is 24.4 Å². The van der Waals surface area contributed by atoms with E-state index in [1.54, 1.807) is 6.20 Å². The molecule has 2 nitrogen and oxygen atoms in total. The zero-order valence-corrected chi connectivity index (χ0v) is 6.88. The fraction of sp³-hybridized carbons (Fsp3) is 0.375. The van der Waals surface area contributed by atoms with E-state index in [0.717, 1.165) is 12.4 Å². The normalized spacial score (nSPS) is 9.45. The van der Waals surface area contributed by atoms with Gasteiger partial charge in [0.15, 0.2) is 0 Å². The Labute approximate surface area is 68.4 Å². The second-order valence-corrected chi connectivity index (χ2v) is 2.50. The van der Waals surface area contributed by atoms with Crippen molar-refractivity contribution in [1.29, 1.82) is 0 Å². The first-order valence-corrected chi connectivity index (χ1v) is 4.08. The third-order valence-corrected chi connectivity index (χ3v) is 1.50. The highest BCUT2D eigenvalue weighted by molar-refractivity contribution is 6.08. The standard InChI is InChI=1S/C8H13BN2/c9-5-3-7-11-8-4-1-2-6-10-8/h1-2,4,6H,3,5,7,9H2,(H,10,11). The first-order valence-electron chi connectivity index (χ1n) is 4.08. The number of nitrogens with zero attached hydrogens (tertiary/aromatic N) is 1. The summed E-state index contributed by atoms with van der Waals surface area (Å²) in [6.45, 7) is 1.02. The van der Waals surface area contributed by atoms with Crippen molar-refractivity contribution >= 4 is 13.7 Å². The van der Waals surface area contributed by atoms with Crippen LogP contribution in [0.2, 0.25) is 6.32 Å². The van der Waals surface area contributed by atoms with Crippen LogP contribution in [0.4, 0.5) is 5.82 Å². The minimum atomic E-state index is 0.973. The molecular formula is C8H13BN2. The zero-order chi connectivity index (χ0) is 7.94. The van der Waals surface area contributed by atoms with Crippen molar-refractivity contribution in [3.63, 3.8) is 0 Å². The van der Waals surface area contributed by atoms with Crippen LogP contribution in [-0.4, -0.2) is 19.4 Å². The first kappa shape index (κ1) is 8.11. The van der Waals surface area contributed by atoms with Crippen LogP contribution in [0.3, 0.4) is 0 Å². The Hall–Kier alpha value is -0.985. The highest BCUT2D eigenvalue weighted by atomic mass is 15.0. The van der Waals surface area contributed by atoms with Gasteiger partial charge in [0.05, 0.1) is 0 Å². The highest BCUT2D eigenvalue weighted by Gasteiger charge is 1.87. The predicted molar refractivity (Wildman–Crippen MR) is 50.7 cm³/mol. The number of hydrogen-bond acceptors (Lipinski definition) is 2. The molecule has 0 amide bonds. The Morgan fingerprint density at radius 3 is 3.00 bits per heavy atom. The third kappa shape index (κ3) is 3.07. The maximum Gasteiger partial charge on any atom is 0.125 e. The largest absolute Gasteiger partial charge is 0.370 e. The van der Waals surface area contributed by atoms with E-state index in [4.69, 9.17) is 0 Å². The summed E-state index contributed by atoms with van der Waals surface area (Å²) in [5, 5.41) is 3.23. The van der Waals surface area contributed by atoms with Crippen molar-refractivity contribution in [2.45, 2.75) is 12.7 Å². The van der Waals surface area contributed by atoms with Gasteiger partial charge in [0, 0.05) is 12.7 Å². The molecule has 0 fully saturated rings. The summed E-state index contributed by atoms with van der Waals surface area (Å²) in [5.74, 6) is 0.973. The van der Waals surface area contributed by atoms with Gasteiger partial charge in [0.1, 0.15) is 13.7 Å². The highest BCUT2D eigenvalue weighted by Crippen LogP contribution is 1.99. The van der Waals surface area contributed by atoms with Crippen LogP contribution >= 0.6 is 0 Å². The molecule has 3 heteroatoms. The molecule has 11 heavy (non-hydrogen) atoms. The Morgan fingerprint density at radius 2 is 2.36 bits per heavy atom. The summed E-state index contributed by atoms with van der Waals surface area (Å²) >= 11 is 0. The summed E-state index contributed by atoms with van der Waals surface area (Å²) in [5.41, 5.74) is 0.